The first kappa shape index (κ1) is 151. The maximum Gasteiger partial charge on any atom is 0.409 e. The number of pyridine rings is 1. The minimum atomic E-state index is -2.22. The van der Waals surface area contributed by atoms with E-state index in [1.165, 1.54) is 90.5 Å². The zero-order chi connectivity index (χ0) is 113. The minimum Gasteiger partial charge on any atom is -0.463 e. The molecule has 1 saturated carbocycles. The van der Waals surface area contributed by atoms with Gasteiger partial charge in [0, 0.05) is 158 Å². The van der Waals surface area contributed by atoms with Crippen molar-refractivity contribution in [3.63, 3.8) is 0 Å². The molecule has 6 aliphatic rings. The fourth-order valence-corrected chi connectivity index (χ4v) is 16.1. The van der Waals surface area contributed by atoms with Gasteiger partial charge in [0.1, 0.15) is 6.79 Å². The van der Waals surface area contributed by atoms with Gasteiger partial charge < -0.3 is 111 Å². The lowest BCUT2D eigenvalue weighted by molar-refractivity contribution is -0.148. The molecule has 6 heterocycles. The van der Waals surface area contributed by atoms with Gasteiger partial charge in [0.2, 0.25) is 0 Å². The predicted molar refractivity (Wildman–Crippen MR) is 602 cm³/mol. The van der Waals surface area contributed by atoms with Crippen molar-refractivity contribution in [2.24, 2.45) is 11.3 Å². The van der Waals surface area contributed by atoms with Crippen molar-refractivity contribution < 1.29 is 110 Å². The van der Waals surface area contributed by atoms with Crippen LogP contribution in [0.2, 0.25) is 0 Å². The zero-order valence-corrected chi connectivity index (χ0v) is 101. The van der Waals surface area contributed by atoms with Crippen LogP contribution in [0.5, 0.6) is 0 Å². The maximum atomic E-state index is 11.3. The molecule has 0 spiro atoms. The Labute approximate surface area is 899 Å². The smallest absolute Gasteiger partial charge is 0.409 e. The average molecular weight is 2130 g/mol. The molecule has 32 nitrogen and oxygen atoms in total. The van der Waals surface area contributed by atoms with Crippen LogP contribution in [-0.4, -0.2) is 387 Å². The number of unbranched alkanes of at least 4 members (excludes halogenated alkanes) is 1. The van der Waals surface area contributed by atoms with Crippen molar-refractivity contribution in [3.8, 4) is 0 Å². The Kier molecular flexibility index (Phi) is 99.3. The van der Waals surface area contributed by atoms with E-state index in [0.717, 1.165) is 219 Å². The Hall–Kier alpha value is -4.84. The number of hydrogen-bond acceptors (Lipinski definition) is 30. The lowest BCUT2D eigenvalue weighted by atomic mass is 9.84. The van der Waals surface area contributed by atoms with Gasteiger partial charge in [0.15, 0.2) is 7.37 Å². The molecule has 0 bridgehead atoms. The van der Waals surface area contributed by atoms with E-state index in [9.17, 15) is 48.7 Å². The van der Waals surface area contributed by atoms with Crippen molar-refractivity contribution in [2.45, 2.75) is 465 Å². The molecule has 3 atom stereocenters. The van der Waals surface area contributed by atoms with Gasteiger partial charge in [0.25, 0.3) is 0 Å². The minimum absolute atomic E-state index is 0.00699. The number of carbonyl (C=O) groups excluding carboxylic acids is 6. The summed E-state index contributed by atoms with van der Waals surface area (Å²) in [5.41, 5.74) is 1.55. The molecule has 147 heavy (non-hydrogen) atoms. The standard InChI is InChI=1S/C13H27NO.C12H17NO2.C12H23NO2.3C11H23NO2.C10H18O2.C9H19NO2.C8H17NO2.C7H15NO2.C5H13O2P.C5H12O2/c1-12(2)15-10-6-9-14-8-5-7-13(3,4)11-14;1-10(2)15-12(14)8-5-7-11-6-3-4-9-13-11;1-11(2)15-12(14)7-6-10-13-8-4-3-5-9-13;3*1-10(2)14-8-4-7-12-6-3-5-11(13)9-12;1-8(2)12-10(11)5-3-4-9-6-7-9;1-5-6-7-10(4)9(11)12-8(2)3;1-5-6-9(4)8(10)11-7(2)3;1-6(2)10-7(9)5-8(3)4;1-5(2)7-8(3,4)6;1-5(2)7-4-6-3/h12H,5-11H2,1-4H3;3-4,6,9-10H,5,7-8H2,1-2H3;11H,3-10H2,1-2H3;3*10-11,13H,3-9H2,1-2H3;8-9H,3-7H2,1-2H3;8H,5-7H2,1-4H3;7H,5-6H2,1-4H3;6H,5H2,1-4H3;5H,1-4H3;5H,4H2,1-3H3/t;;;2*11-;;;;;;;/m...10......./s1. The molecule has 1 aromatic heterocycles. The van der Waals surface area contributed by atoms with Crippen molar-refractivity contribution in [1.82, 2.24) is 44.2 Å². The van der Waals surface area contributed by atoms with Crippen LogP contribution in [0.4, 0.5) is 9.59 Å². The summed E-state index contributed by atoms with van der Waals surface area (Å²) in [5.74, 6) is 0.547. The van der Waals surface area contributed by atoms with E-state index in [0.29, 0.717) is 62.4 Å². The first-order valence-corrected chi connectivity index (χ1v) is 59.1. The Morgan fingerprint density at radius 3 is 1.08 bits per heavy atom. The Bertz CT molecular complexity index is 3130. The van der Waals surface area contributed by atoms with Crippen LogP contribution >= 0.6 is 7.37 Å². The van der Waals surface area contributed by atoms with Gasteiger partial charge in [0.05, 0.1) is 98.1 Å². The number of amides is 2. The number of carbonyl (C=O) groups is 6. The van der Waals surface area contributed by atoms with Crippen molar-refractivity contribution >= 4 is 43.4 Å². The van der Waals surface area contributed by atoms with Crippen LogP contribution in [0, 0.1) is 11.3 Å². The molecule has 1 aromatic rings. The highest BCUT2D eigenvalue weighted by molar-refractivity contribution is 7.57. The fourth-order valence-electron chi connectivity index (χ4n) is 15.1. The van der Waals surface area contributed by atoms with Crippen LogP contribution in [0.25, 0.3) is 0 Å². The number of esters is 4. The summed E-state index contributed by atoms with van der Waals surface area (Å²) in [4.78, 5) is 87.7. The summed E-state index contributed by atoms with van der Waals surface area (Å²) >= 11 is 0. The molecule has 5 saturated heterocycles. The number of likely N-dealkylation sites (N-methyl/N-ethyl adjacent to an activating group) is 1. The first-order valence-electron chi connectivity index (χ1n) is 56.6. The number of piperidine rings is 5. The third-order valence-corrected chi connectivity index (χ3v) is 22.8. The number of aliphatic hydroxyl groups is 3. The molecule has 3 N–H and O–H groups in total. The molecule has 1 unspecified atom stereocenters. The number of aryl methyl sites for hydroxylation is 1. The van der Waals surface area contributed by atoms with Gasteiger partial charge in [-0.25, -0.2) is 9.59 Å². The molecular weight excluding hydrogens is 1890 g/mol. The SMILES string of the molecule is CC(C)OC(=O)CCCC1CC1.CC(C)OC(=O)CCCN1CCCCC1.CC(C)OC(=O)CCCc1ccccn1.CC(C)OC(=O)CN(C)C.CC(C)OCCCN1CCCC(C)(C)C1.CC(C)OCCCN1CCCC(O)C1.CC(C)OCCCN1CCC[C@@H](O)C1.CC(C)OCCCN1CCC[C@H](O)C1.CC(C)OP(C)(C)=O.CCCCN(C)C(=O)OC(C)C.CCCN(C)C(=O)OC(C)C.COCOC(C)C. The number of ether oxygens (including phenoxy) is 12. The van der Waals surface area contributed by atoms with Gasteiger partial charge in [-0.3, -0.25) is 33.6 Å². The monoisotopic (exact) mass is 2120 g/mol. The molecule has 0 radical (unpaired) electrons. The van der Waals surface area contributed by atoms with E-state index in [1.807, 2.05) is 150 Å². The summed E-state index contributed by atoms with van der Waals surface area (Å²) < 4.78 is 77.3. The number of nitrogens with zero attached hydrogens (tertiary/aromatic N) is 9. The maximum absolute atomic E-state index is 11.3. The molecule has 33 heteroatoms. The second-order valence-corrected chi connectivity index (χ2v) is 46.6. The molecule has 7 rings (SSSR count). The van der Waals surface area contributed by atoms with Gasteiger partial charge in [-0.05, 0) is 384 Å². The Balaban J connectivity index is -0.000000502. The second-order valence-electron chi connectivity index (χ2n) is 43.9. The summed E-state index contributed by atoms with van der Waals surface area (Å²) in [6.07, 6.45) is 32.4. The number of likely N-dealkylation sites (tertiary alicyclic amines) is 5. The number of rotatable bonds is 50. The van der Waals surface area contributed by atoms with Gasteiger partial charge in [-0.2, -0.15) is 0 Å². The largest absolute Gasteiger partial charge is 0.463 e. The summed E-state index contributed by atoms with van der Waals surface area (Å²) in [7, 11) is 6.57. The number of aliphatic hydroxyl groups excluding tert-OH is 3. The Morgan fingerprint density at radius 2 is 0.769 bits per heavy atom. The summed E-state index contributed by atoms with van der Waals surface area (Å²) in [6, 6.07) is 5.80. The molecule has 5 aliphatic heterocycles. The van der Waals surface area contributed by atoms with Crippen LogP contribution in [0.1, 0.15) is 373 Å². The van der Waals surface area contributed by atoms with Gasteiger partial charge in [-0.1, -0.05) is 59.4 Å². The zero-order valence-electron chi connectivity index (χ0n) is 101. The number of hydrogen-bond donors (Lipinski definition) is 3. The Morgan fingerprint density at radius 1 is 0.408 bits per heavy atom. The number of β-amino-alcohol motifs (C(OH)–C–C–N with tert-alkyl or cyclic N) is 3. The molecule has 0 aromatic carbocycles. The number of methoxy groups -OCH3 is 1. The summed E-state index contributed by atoms with van der Waals surface area (Å²) in [5, 5.41) is 28.4. The molecule has 2 amide bonds. The van der Waals surface area contributed by atoms with Crippen molar-refractivity contribution in [3.05, 3.63) is 30.1 Å². The van der Waals surface area contributed by atoms with E-state index in [-0.39, 0.29) is 103 Å². The fraction of sp³-hybridized carbons (Fsp3) is 0.904. The molecule has 874 valence electrons. The van der Waals surface area contributed by atoms with E-state index >= 15 is 0 Å². The third-order valence-electron chi connectivity index (χ3n) is 21.8. The van der Waals surface area contributed by atoms with E-state index in [4.69, 9.17) is 56.6 Å². The van der Waals surface area contributed by atoms with E-state index in [1.54, 1.807) is 55.4 Å². The first-order chi connectivity index (χ1) is 68.9. The van der Waals surface area contributed by atoms with Gasteiger partial charge in [-0.15, -0.1) is 0 Å². The highest BCUT2D eigenvalue weighted by Crippen LogP contribution is 2.38. The summed E-state index contributed by atoms with van der Waals surface area (Å²) in [6.45, 7) is 80.8. The average Bonchev–Trinajstić information content (AvgIpc) is 1.60. The normalized spacial score (nSPS) is 17.0. The quantitative estimate of drug-likeness (QED) is 0.0179. The van der Waals surface area contributed by atoms with Crippen LogP contribution in [0.15, 0.2) is 24.4 Å². The molecular formula is C114H230N9O23P. The van der Waals surface area contributed by atoms with E-state index in [2.05, 4.69) is 110 Å². The van der Waals surface area contributed by atoms with Crippen LogP contribution in [-0.2, 0) is 91.5 Å². The highest BCUT2D eigenvalue weighted by atomic mass is 31.2. The molecule has 6 fully saturated rings. The lowest BCUT2D eigenvalue weighted by Crippen LogP contribution is -2.40. The van der Waals surface area contributed by atoms with Crippen molar-refractivity contribution in [2.75, 3.05) is 200 Å². The highest BCUT2D eigenvalue weighted by Gasteiger charge is 2.27. The van der Waals surface area contributed by atoms with Crippen molar-refractivity contribution in [1.29, 1.82) is 0 Å². The third kappa shape index (κ3) is 115. The predicted octanol–water partition coefficient (Wildman–Crippen LogP) is 21.4. The van der Waals surface area contributed by atoms with Crippen LogP contribution < -0.4 is 0 Å². The molecule has 1 aliphatic carbocycles. The van der Waals surface area contributed by atoms with E-state index < -0.39 is 7.37 Å². The van der Waals surface area contributed by atoms with Gasteiger partial charge >= 0.3 is 36.1 Å². The topological polar surface area (TPSA) is 339 Å². The lowest BCUT2D eigenvalue weighted by Gasteiger charge is -2.38. The number of aromatic nitrogens is 1. The van der Waals surface area contributed by atoms with Crippen LogP contribution in [0.3, 0.4) is 0 Å². The second kappa shape index (κ2) is 96.9.